The van der Waals surface area contributed by atoms with Crippen molar-refractivity contribution in [2.45, 2.75) is 53.5 Å². The minimum Gasteiger partial charge on any atom is -0.302 e. The van der Waals surface area contributed by atoms with Crippen LogP contribution in [-0.4, -0.2) is 18.5 Å². The van der Waals surface area contributed by atoms with Crippen molar-refractivity contribution >= 4 is 0 Å². The minimum atomic E-state index is 0.864. The lowest BCUT2D eigenvalue weighted by atomic mass is 10.0. The highest BCUT2D eigenvalue weighted by Gasteiger charge is 2.04. The molecule has 18 heavy (non-hydrogen) atoms. The maximum atomic E-state index is 2.42. The van der Waals surface area contributed by atoms with Crippen LogP contribution in [0.25, 0.3) is 0 Å². The van der Waals surface area contributed by atoms with E-state index in [2.05, 4.69) is 56.1 Å². The summed E-state index contributed by atoms with van der Waals surface area (Å²) in [5.74, 6) is 0.864. The number of benzene rings is 1. The lowest BCUT2D eigenvalue weighted by molar-refractivity contribution is 0.293. The molecule has 0 amide bonds. The lowest BCUT2D eigenvalue weighted by Crippen LogP contribution is -2.20. The Morgan fingerprint density at radius 2 is 1.67 bits per heavy atom. The summed E-state index contributed by atoms with van der Waals surface area (Å²) in [4.78, 5) is 2.42. The largest absolute Gasteiger partial charge is 0.302 e. The first-order valence-electron chi connectivity index (χ1n) is 7.44. The second kappa shape index (κ2) is 11.3. The minimum absolute atomic E-state index is 0.864. The van der Waals surface area contributed by atoms with E-state index in [1.54, 1.807) is 0 Å². The van der Waals surface area contributed by atoms with Crippen molar-refractivity contribution in [1.82, 2.24) is 4.90 Å². The first-order chi connectivity index (χ1) is 8.72. The maximum absolute atomic E-state index is 2.42. The third-order valence-corrected chi connectivity index (χ3v) is 3.08. The molecule has 1 aromatic carbocycles. The molecule has 0 spiro atoms. The Hall–Kier alpha value is -0.820. The molecule has 0 N–H and O–H groups in total. The highest BCUT2D eigenvalue weighted by molar-refractivity contribution is 5.14. The monoisotopic (exact) mass is 249 g/mol. The summed E-state index contributed by atoms with van der Waals surface area (Å²) < 4.78 is 0. The molecule has 0 saturated carbocycles. The Morgan fingerprint density at radius 3 is 2.22 bits per heavy atom. The van der Waals surface area contributed by atoms with Crippen LogP contribution in [0, 0.1) is 5.92 Å². The predicted octanol–water partition coefficient (Wildman–Crippen LogP) is 4.97. The van der Waals surface area contributed by atoms with E-state index in [4.69, 9.17) is 0 Å². The van der Waals surface area contributed by atoms with E-state index in [1.807, 2.05) is 13.8 Å². The fourth-order valence-corrected chi connectivity index (χ4v) is 2.05. The molecule has 0 aromatic heterocycles. The Balaban J connectivity index is 0.00000137. The van der Waals surface area contributed by atoms with Crippen LogP contribution >= 0.6 is 0 Å². The zero-order chi connectivity index (χ0) is 13.8. The molecule has 1 atom stereocenters. The van der Waals surface area contributed by atoms with E-state index in [-0.39, 0.29) is 0 Å². The summed E-state index contributed by atoms with van der Waals surface area (Å²) >= 11 is 0. The molecular formula is C17H31N. The third kappa shape index (κ3) is 8.30. The van der Waals surface area contributed by atoms with Gasteiger partial charge in [-0.25, -0.2) is 0 Å². The molecule has 0 heterocycles. The fourth-order valence-electron chi connectivity index (χ4n) is 2.05. The second-order valence-corrected chi connectivity index (χ2v) is 4.91. The van der Waals surface area contributed by atoms with E-state index < -0.39 is 0 Å². The van der Waals surface area contributed by atoms with Crippen LogP contribution in [-0.2, 0) is 6.54 Å². The number of rotatable bonds is 7. The third-order valence-electron chi connectivity index (χ3n) is 3.08. The first-order valence-corrected chi connectivity index (χ1v) is 7.44. The van der Waals surface area contributed by atoms with E-state index in [1.165, 1.54) is 31.4 Å². The number of hydrogen-bond acceptors (Lipinski definition) is 1. The summed E-state index contributed by atoms with van der Waals surface area (Å²) in [6.45, 7) is 10.9. The van der Waals surface area contributed by atoms with Crippen LogP contribution in [0.1, 0.15) is 52.5 Å². The molecule has 1 rings (SSSR count). The van der Waals surface area contributed by atoms with E-state index >= 15 is 0 Å². The number of hydrogen-bond donors (Lipinski definition) is 0. The summed E-state index contributed by atoms with van der Waals surface area (Å²) in [5.41, 5.74) is 1.41. The van der Waals surface area contributed by atoms with Crippen LogP contribution in [0.4, 0.5) is 0 Å². The number of nitrogens with zero attached hydrogens (tertiary/aromatic N) is 1. The van der Waals surface area contributed by atoms with Crippen molar-refractivity contribution in [2.75, 3.05) is 13.6 Å². The van der Waals surface area contributed by atoms with Gasteiger partial charge < -0.3 is 4.90 Å². The molecular weight excluding hydrogens is 218 g/mol. The van der Waals surface area contributed by atoms with Gasteiger partial charge in [0.25, 0.3) is 0 Å². The van der Waals surface area contributed by atoms with Gasteiger partial charge >= 0.3 is 0 Å². The van der Waals surface area contributed by atoms with Gasteiger partial charge in [0.15, 0.2) is 0 Å². The Bertz CT molecular complexity index is 268. The second-order valence-electron chi connectivity index (χ2n) is 4.91. The molecule has 1 heteroatoms. The average molecular weight is 249 g/mol. The van der Waals surface area contributed by atoms with E-state index in [9.17, 15) is 0 Å². The zero-order valence-corrected chi connectivity index (χ0v) is 12.9. The van der Waals surface area contributed by atoms with Gasteiger partial charge in [0.1, 0.15) is 0 Å². The van der Waals surface area contributed by atoms with E-state index in [0.717, 1.165) is 12.5 Å². The Morgan fingerprint density at radius 1 is 1.06 bits per heavy atom. The van der Waals surface area contributed by atoms with Crippen molar-refractivity contribution in [3.8, 4) is 0 Å². The Kier molecular flexibility index (Phi) is 10.8. The SMILES string of the molecule is CC.CCCC(C)CCN(C)Cc1ccccc1. The van der Waals surface area contributed by atoms with Gasteiger partial charge in [0.2, 0.25) is 0 Å². The molecule has 1 nitrogen and oxygen atoms in total. The summed E-state index contributed by atoms with van der Waals surface area (Å²) in [6.07, 6.45) is 3.99. The van der Waals surface area contributed by atoms with Crippen molar-refractivity contribution in [1.29, 1.82) is 0 Å². The fraction of sp³-hybridized carbons (Fsp3) is 0.647. The molecule has 0 bridgehead atoms. The van der Waals surface area contributed by atoms with Gasteiger partial charge in [-0.3, -0.25) is 0 Å². The molecule has 0 aliphatic carbocycles. The highest BCUT2D eigenvalue weighted by Crippen LogP contribution is 2.11. The van der Waals surface area contributed by atoms with E-state index in [0.29, 0.717) is 0 Å². The quantitative estimate of drug-likeness (QED) is 0.659. The lowest BCUT2D eigenvalue weighted by Gasteiger charge is -2.19. The van der Waals surface area contributed by atoms with Crippen molar-refractivity contribution in [3.63, 3.8) is 0 Å². The van der Waals surface area contributed by atoms with Gasteiger partial charge in [-0.1, -0.05) is 70.9 Å². The predicted molar refractivity (Wildman–Crippen MR) is 82.8 cm³/mol. The van der Waals surface area contributed by atoms with Crippen LogP contribution < -0.4 is 0 Å². The van der Waals surface area contributed by atoms with Crippen molar-refractivity contribution in [3.05, 3.63) is 35.9 Å². The molecule has 1 unspecified atom stereocenters. The molecule has 1 aromatic rings. The standard InChI is InChI=1S/C15H25N.C2H6/c1-4-8-14(2)11-12-16(3)13-15-9-6-5-7-10-15;1-2/h5-7,9-10,14H,4,8,11-13H2,1-3H3;1-2H3. The normalized spacial score (nSPS) is 11.9. The van der Waals surface area contributed by atoms with Crippen LogP contribution in [0.2, 0.25) is 0 Å². The topological polar surface area (TPSA) is 3.24 Å². The molecule has 104 valence electrons. The average Bonchev–Trinajstić information content (AvgIpc) is 2.40. The maximum Gasteiger partial charge on any atom is 0.0230 e. The summed E-state index contributed by atoms with van der Waals surface area (Å²) in [5, 5.41) is 0. The van der Waals surface area contributed by atoms with Crippen molar-refractivity contribution in [2.24, 2.45) is 5.92 Å². The van der Waals surface area contributed by atoms with Gasteiger partial charge in [-0.2, -0.15) is 0 Å². The highest BCUT2D eigenvalue weighted by atomic mass is 15.1. The van der Waals surface area contributed by atoms with Crippen LogP contribution in [0.5, 0.6) is 0 Å². The molecule has 0 fully saturated rings. The van der Waals surface area contributed by atoms with Crippen LogP contribution in [0.15, 0.2) is 30.3 Å². The molecule has 0 aliphatic rings. The van der Waals surface area contributed by atoms with Gasteiger partial charge in [-0.15, -0.1) is 0 Å². The van der Waals surface area contributed by atoms with Gasteiger partial charge in [0.05, 0.1) is 0 Å². The first kappa shape index (κ1) is 17.2. The zero-order valence-electron chi connectivity index (χ0n) is 12.9. The Labute approximate surface area is 114 Å². The molecule has 0 aliphatic heterocycles. The summed E-state index contributed by atoms with van der Waals surface area (Å²) in [6, 6.07) is 10.7. The molecule has 0 radical (unpaired) electrons. The van der Waals surface area contributed by atoms with Crippen LogP contribution in [0.3, 0.4) is 0 Å². The molecule has 0 saturated heterocycles. The smallest absolute Gasteiger partial charge is 0.0230 e. The van der Waals surface area contributed by atoms with Gasteiger partial charge in [0, 0.05) is 6.54 Å². The summed E-state index contributed by atoms with van der Waals surface area (Å²) in [7, 11) is 2.21. The van der Waals surface area contributed by atoms with Crippen molar-refractivity contribution < 1.29 is 0 Å². The van der Waals surface area contributed by atoms with Gasteiger partial charge in [-0.05, 0) is 31.5 Å².